The lowest BCUT2D eigenvalue weighted by Gasteiger charge is -2.27. The van der Waals surface area contributed by atoms with Crippen molar-refractivity contribution < 1.29 is 14.3 Å². The Hall–Kier alpha value is -1.14. The zero-order chi connectivity index (χ0) is 12.8. The fourth-order valence-electron chi connectivity index (χ4n) is 2.11. The highest BCUT2D eigenvalue weighted by Gasteiger charge is 2.20. The van der Waals surface area contributed by atoms with E-state index < -0.39 is 0 Å². The van der Waals surface area contributed by atoms with E-state index in [0.717, 1.165) is 13.1 Å². The number of rotatable bonds is 5. The fourth-order valence-corrected chi connectivity index (χ4v) is 2.11. The number of nitrogens with zero attached hydrogens (tertiary/aromatic N) is 1. The first-order valence-electron chi connectivity index (χ1n) is 6.58. The second kappa shape index (κ2) is 6.70. The summed E-state index contributed by atoms with van der Waals surface area (Å²) in [6.45, 7) is 4.87. The van der Waals surface area contributed by atoms with Crippen LogP contribution in [0.2, 0.25) is 0 Å². The highest BCUT2D eigenvalue weighted by Crippen LogP contribution is 2.07. The summed E-state index contributed by atoms with van der Waals surface area (Å²) in [6, 6.07) is 0. The zero-order valence-corrected chi connectivity index (χ0v) is 10.6. The third-order valence-corrected chi connectivity index (χ3v) is 3.36. The van der Waals surface area contributed by atoms with Crippen molar-refractivity contribution in [3.8, 4) is 0 Å². The third kappa shape index (κ3) is 3.96. The van der Waals surface area contributed by atoms with Crippen molar-refractivity contribution >= 4 is 11.8 Å². The number of ether oxygens (including phenoxy) is 1. The topological polar surface area (TPSA) is 70.7 Å². The molecule has 2 N–H and O–H groups in total. The molecule has 0 aromatic heterocycles. The number of hydrogen-bond donors (Lipinski definition) is 2. The molecule has 2 heterocycles. The largest absolute Gasteiger partial charge is 0.378 e. The van der Waals surface area contributed by atoms with Crippen molar-refractivity contribution in [3.63, 3.8) is 0 Å². The van der Waals surface area contributed by atoms with Crippen LogP contribution >= 0.6 is 0 Å². The molecule has 0 saturated carbocycles. The van der Waals surface area contributed by atoms with Crippen molar-refractivity contribution in [1.29, 1.82) is 0 Å². The molecule has 2 fully saturated rings. The Morgan fingerprint density at radius 2 is 2.00 bits per heavy atom. The first kappa shape index (κ1) is 13.3. The number of nitrogens with one attached hydrogen (secondary N) is 2. The van der Waals surface area contributed by atoms with E-state index in [9.17, 15) is 9.59 Å². The molecule has 0 atom stereocenters. The predicted octanol–water partition coefficient (Wildman–Crippen LogP) is -1.04. The van der Waals surface area contributed by atoms with Crippen molar-refractivity contribution in [3.05, 3.63) is 0 Å². The standard InChI is InChI=1S/C12H21N3O3/c16-11(7-10-8-13-9-10)14-2-1-12(17)15-3-5-18-6-4-15/h10,13H,1-9H2,(H,14,16). The average molecular weight is 255 g/mol. The Morgan fingerprint density at radius 1 is 1.28 bits per heavy atom. The summed E-state index contributed by atoms with van der Waals surface area (Å²) in [5.41, 5.74) is 0. The molecular weight excluding hydrogens is 234 g/mol. The van der Waals surface area contributed by atoms with Gasteiger partial charge in [0.05, 0.1) is 13.2 Å². The second-order valence-electron chi connectivity index (χ2n) is 4.82. The van der Waals surface area contributed by atoms with Crippen LogP contribution in [0.15, 0.2) is 0 Å². The van der Waals surface area contributed by atoms with Crippen molar-refractivity contribution in [1.82, 2.24) is 15.5 Å². The van der Waals surface area contributed by atoms with Gasteiger partial charge in [-0.15, -0.1) is 0 Å². The molecule has 0 bridgehead atoms. The maximum Gasteiger partial charge on any atom is 0.224 e. The number of hydrogen-bond acceptors (Lipinski definition) is 4. The zero-order valence-electron chi connectivity index (χ0n) is 10.6. The molecule has 102 valence electrons. The molecule has 0 aromatic rings. The minimum atomic E-state index is 0.0521. The van der Waals surface area contributed by atoms with Gasteiger partial charge < -0.3 is 20.3 Å². The monoisotopic (exact) mass is 255 g/mol. The summed E-state index contributed by atoms with van der Waals surface area (Å²) in [4.78, 5) is 25.1. The first-order valence-corrected chi connectivity index (χ1v) is 6.58. The van der Waals surface area contributed by atoms with Crippen LogP contribution in [0.25, 0.3) is 0 Å². The minimum absolute atomic E-state index is 0.0521. The van der Waals surface area contributed by atoms with Crippen LogP contribution in [0, 0.1) is 5.92 Å². The van der Waals surface area contributed by atoms with Crippen LogP contribution in [-0.4, -0.2) is 62.7 Å². The van der Waals surface area contributed by atoms with E-state index in [1.165, 1.54) is 0 Å². The molecule has 6 nitrogen and oxygen atoms in total. The van der Waals surface area contributed by atoms with Gasteiger partial charge >= 0.3 is 0 Å². The molecule has 18 heavy (non-hydrogen) atoms. The molecule has 2 rings (SSSR count). The molecule has 2 amide bonds. The number of carbonyl (C=O) groups is 2. The predicted molar refractivity (Wildman–Crippen MR) is 66.0 cm³/mol. The Morgan fingerprint density at radius 3 is 2.61 bits per heavy atom. The lowest BCUT2D eigenvalue weighted by Crippen LogP contribution is -2.45. The Bertz CT molecular complexity index is 299. The maximum atomic E-state index is 11.8. The normalized spacial score (nSPS) is 20.3. The van der Waals surface area contributed by atoms with Crippen LogP contribution in [0.3, 0.4) is 0 Å². The summed E-state index contributed by atoms with van der Waals surface area (Å²) in [5.74, 6) is 0.625. The van der Waals surface area contributed by atoms with Gasteiger partial charge in [0.1, 0.15) is 0 Å². The summed E-state index contributed by atoms with van der Waals surface area (Å²) < 4.78 is 5.19. The Kier molecular flexibility index (Phi) is 4.95. The van der Waals surface area contributed by atoms with E-state index in [-0.39, 0.29) is 11.8 Å². The van der Waals surface area contributed by atoms with Gasteiger partial charge in [-0.3, -0.25) is 9.59 Å². The number of amides is 2. The summed E-state index contributed by atoms with van der Waals surface area (Å²) in [7, 11) is 0. The first-order chi connectivity index (χ1) is 8.75. The molecule has 0 aliphatic carbocycles. The number of carbonyl (C=O) groups excluding carboxylic acids is 2. The van der Waals surface area contributed by atoms with Gasteiger partial charge in [0.25, 0.3) is 0 Å². The van der Waals surface area contributed by atoms with Gasteiger partial charge in [0.15, 0.2) is 0 Å². The van der Waals surface area contributed by atoms with Gasteiger partial charge in [0.2, 0.25) is 11.8 Å². The molecule has 2 saturated heterocycles. The molecule has 2 aliphatic heterocycles. The lowest BCUT2D eigenvalue weighted by atomic mass is 9.99. The van der Waals surface area contributed by atoms with Crippen LogP contribution in [0.4, 0.5) is 0 Å². The van der Waals surface area contributed by atoms with Gasteiger partial charge in [0, 0.05) is 32.5 Å². The van der Waals surface area contributed by atoms with Crippen molar-refractivity contribution in [2.45, 2.75) is 12.8 Å². The molecule has 0 unspecified atom stereocenters. The third-order valence-electron chi connectivity index (χ3n) is 3.36. The molecule has 0 spiro atoms. The van der Waals surface area contributed by atoms with E-state index in [0.29, 0.717) is 51.6 Å². The van der Waals surface area contributed by atoms with E-state index in [2.05, 4.69) is 10.6 Å². The molecular formula is C12H21N3O3. The summed E-state index contributed by atoms with van der Waals surface area (Å²) in [6.07, 6.45) is 0.952. The maximum absolute atomic E-state index is 11.8. The quantitative estimate of drug-likeness (QED) is 0.658. The molecule has 0 radical (unpaired) electrons. The summed E-state index contributed by atoms with van der Waals surface area (Å²) >= 11 is 0. The minimum Gasteiger partial charge on any atom is -0.378 e. The van der Waals surface area contributed by atoms with E-state index in [1.807, 2.05) is 0 Å². The van der Waals surface area contributed by atoms with Crippen molar-refractivity contribution in [2.75, 3.05) is 45.9 Å². The highest BCUT2D eigenvalue weighted by atomic mass is 16.5. The lowest BCUT2D eigenvalue weighted by molar-refractivity contribution is -0.135. The number of morpholine rings is 1. The fraction of sp³-hybridized carbons (Fsp3) is 0.833. The van der Waals surface area contributed by atoms with Gasteiger partial charge in [-0.05, 0) is 19.0 Å². The SMILES string of the molecule is O=C(CC1CNC1)NCCC(=O)N1CCOCC1. The van der Waals surface area contributed by atoms with Crippen LogP contribution in [0.1, 0.15) is 12.8 Å². The van der Waals surface area contributed by atoms with Crippen LogP contribution in [-0.2, 0) is 14.3 Å². The molecule has 6 heteroatoms. The second-order valence-corrected chi connectivity index (χ2v) is 4.82. The highest BCUT2D eigenvalue weighted by molar-refractivity contribution is 5.79. The van der Waals surface area contributed by atoms with E-state index in [4.69, 9.17) is 4.74 Å². The summed E-state index contributed by atoms with van der Waals surface area (Å²) in [5, 5.41) is 5.94. The van der Waals surface area contributed by atoms with Crippen molar-refractivity contribution in [2.24, 2.45) is 5.92 Å². The van der Waals surface area contributed by atoms with Gasteiger partial charge in [-0.1, -0.05) is 0 Å². The smallest absolute Gasteiger partial charge is 0.224 e. The molecule has 2 aliphatic rings. The van der Waals surface area contributed by atoms with E-state index in [1.54, 1.807) is 4.90 Å². The Labute approximate surface area is 107 Å². The molecule has 0 aromatic carbocycles. The average Bonchev–Trinajstić information content (AvgIpc) is 2.35. The van der Waals surface area contributed by atoms with E-state index >= 15 is 0 Å². The van der Waals surface area contributed by atoms with Gasteiger partial charge in [-0.25, -0.2) is 0 Å². The van der Waals surface area contributed by atoms with Crippen LogP contribution < -0.4 is 10.6 Å². The van der Waals surface area contributed by atoms with Crippen LogP contribution in [0.5, 0.6) is 0 Å². The van der Waals surface area contributed by atoms with Gasteiger partial charge in [-0.2, -0.15) is 0 Å². The Balaban J connectivity index is 1.56.